The fourth-order valence-electron chi connectivity index (χ4n) is 0.753. The minimum absolute atomic E-state index is 0.0575. The summed E-state index contributed by atoms with van der Waals surface area (Å²) in [6.07, 6.45) is 1.42. The minimum Gasteiger partial charge on any atom is -0.508 e. The molecule has 0 fully saturated rings. The second kappa shape index (κ2) is 3.49. The lowest BCUT2D eigenvalue weighted by Crippen LogP contribution is -1.75. The van der Waals surface area contributed by atoms with Crippen molar-refractivity contribution in [1.29, 1.82) is 0 Å². The molecule has 0 heterocycles. The van der Waals surface area contributed by atoms with Crippen LogP contribution in [0.3, 0.4) is 0 Å². The van der Waals surface area contributed by atoms with Crippen molar-refractivity contribution in [1.82, 2.24) is 0 Å². The molecule has 0 saturated heterocycles. The summed E-state index contributed by atoms with van der Waals surface area (Å²) in [6.45, 7) is 3.41. The highest BCUT2D eigenvalue weighted by atomic mass is 16.3. The van der Waals surface area contributed by atoms with E-state index in [1.54, 1.807) is 0 Å². The third-order valence-corrected chi connectivity index (χ3v) is 1.29. The van der Waals surface area contributed by atoms with E-state index in [0.29, 0.717) is 5.56 Å². The van der Waals surface area contributed by atoms with Crippen LogP contribution >= 0.6 is 0 Å². The quantitative estimate of drug-likeness (QED) is 0.447. The Morgan fingerprint density at radius 3 is 2.75 bits per heavy atom. The van der Waals surface area contributed by atoms with Gasteiger partial charge in [-0.15, -0.1) is 0 Å². The van der Waals surface area contributed by atoms with Crippen molar-refractivity contribution in [2.45, 2.75) is 0 Å². The highest BCUT2D eigenvalue weighted by Gasteiger charge is 1.97. The van der Waals surface area contributed by atoms with Crippen LogP contribution in [-0.4, -0.2) is 10.2 Å². The average molecular weight is 160 g/mol. The summed E-state index contributed by atoms with van der Waals surface area (Å²) >= 11 is 0. The molecule has 0 radical (unpaired) electrons. The Morgan fingerprint density at radius 2 is 2.08 bits per heavy atom. The Hall–Kier alpha value is -1.88. The molecule has 0 aliphatic heterocycles. The van der Waals surface area contributed by atoms with Crippen LogP contribution in [0.25, 0.3) is 0 Å². The summed E-state index contributed by atoms with van der Waals surface area (Å²) in [5.74, 6) is 5.34. The molecule has 0 aliphatic carbocycles. The van der Waals surface area contributed by atoms with Gasteiger partial charge in [0.15, 0.2) is 0 Å². The van der Waals surface area contributed by atoms with Crippen LogP contribution in [0.4, 0.5) is 0 Å². The van der Waals surface area contributed by atoms with Gasteiger partial charge in [-0.2, -0.15) is 0 Å². The number of benzene rings is 1. The highest BCUT2D eigenvalue weighted by molar-refractivity contribution is 5.49. The first kappa shape index (κ1) is 8.22. The zero-order chi connectivity index (χ0) is 8.97. The van der Waals surface area contributed by atoms with Crippen molar-refractivity contribution >= 4 is 0 Å². The van der Waals surface area contributed by atoms with E-state index in [1.165, 1.54) is 24.3 Å². The molecule has 2 N–H and O–H groups in total. The Morgan fingerprint density at radius 1 is 1.33 bits per heavy atom. The van der Waals surface area contributed by atoms with Gasteiger partial charge in [0.05, 0.1) is 5.56 Å². The smallest absolute Gasteiger partial charge is 0.131 e. The van der Waals surface area contributed by atoms with Crippen molar-refractivity contribution in [2.24, 2.45) is 0 Å². The number of phenolic OH excluding ortho intramolecular Hbond substituents is 2. The van der Waals surface area contributed by atoms with E-state index in [9.17, 15) is 5.11 Å². The number of rotatable bonds is 0. The maximum Gasteiger partial charge on any atom is 0.131 e. The first-order chi connectivity index (χ1) is 5.74. The maximum absolute atomic E-state index is 9.21. The average Bonchev–Trinajstić information content (AvgIpc) is 2.07. The van der Waals surface area contributed by atoms with E-state index in [4.69, 9.17) is 5.11 Å². The van der Waals surface area contributed by atoms with Crippen LogP contribution in [0.15, 0.2) is 30.9 Å². The Bertz CT molecular complexity index is 356. The number of phenols is 2. The molecule has 0 bridgehead atoms. The van der Waals surface area contributed by atoms with Crippen molar-refractivity contribution in [3.8, 4) is 23.3 Å². The van der Waals surface area contributed by atoms with Gasteiger partial charge < -0.3 is 10.2 Å². The number of hydrogen-bond donors (Lipinski definition) is 2. The lowest BCUT2D eigenvalue weighted by molar-refractivity contribution is 0.459. The molecule has 2 heteroatoms. The van der Waals surface area contributed by atoms with Gasteiger partial charge in [0, 0.05) is 0 Å². The van der Waals surface area contributed by atoms with Gasteiger partial charge in [0.2, 0.25) is 0 Å². The topological polar surface area (TPSA) is 40.5 Å². The molecule has 12 heavy (non-hydrogen) atoms. The molecule has 2 nitrogen and oxygen atoms in total. The lowest BCUT2D eigenvalue weighted by Gasteiger charge is -1.96. The second-order valence-electron chi connectivity index (χ2n) is 2.17. The zero-order valence-corrected chi connectivity index (χ0v) is 6.41. The predicted octanol–water partition coefficient (Wildman–Crippen LogP) is 1.64. The Labute approximate surface area is 70.8 Å². The van der Waals surface area contributed by atoms with E-state index in [0.717, 1.165) is 0 Å². The van der Waals surface area contributed by atoms with Crippen molar-refractivity contribution in [3.05, 3.63) is 36.4 Å². The zero-order valence-electron chi connectivity index (χ0n) is 6.41. The maximum atomic E-state index is 9.21. The van der Waals surface area contributed by atoms with Gasteiger partial charge in [-0.05, 0) is 24.3 Å². The minimum atomic E-state index is 0.0575. The van der Waals surface area contributed by atoms with Gasteiger partial charge in [-0.1, -0.05) is 18.4 Å². The van der Waals surface area contributed by atoms with Crippen LogP contribution in [0, 0.1) is 11.8 Å². The van der Waals surface area contributed by atoms with Crippen LogP contribution in [0.1, 0.15) is 5.56 Å². The molecule has 60 valence electrons. The molecule has 0 amide bonds. The van der Waals surface area contributed by atoms with Crippen LogP contribution in [0.2, 0.25) is 0 Å². The van der Waals surface area contributed by atoms with Crippen molar-refractivity contribution in [3.63, 3.8) is 0 Å². The molecule has 1 rings (SSSR count). The molecule has 0 aliphatic rings. The lowest BCUT2D eigenvalue weighted by atomic mass is 10.2. The summed E-state index contributed by atoms with van der Waals surface area (Å²) in [6, 6.07) is 4.18. The largest absolute Gasteiger partial charge is 0.508 e. The Kier molecular flexibility index (Phi) is 2.39. The molecule has 0 saturated carbocycles. The van der Waals surface area contributed by atoms with Crippen molar-refractivity contribution in [2.75, 3.05) is 0 Å². The van der Waals surface area contributed by atoms with Gasteiger partial charge in [0.25, 0.3) is 0 Å². The molecule has 0 atom stereocenters. The van der Waals surface area contributed by atoms with Gasteiger partial charge >= 0.3 is 0 Å². The third kappa shape index (κ3) is 1.80. The van der Waals surface area contributed by atoms with E-state index in [2.05, 4.69) is 18.4 Å². The van der Waals surface area contributed by atoms with Gasteiger partial charge in [-0.25, -0.2) is 0 Å². The Balaban J connectivity index is 3.13. The monoisotopic (exact) mass is 160 g/mol. The van der Waals surface area contributed by atoms with Crippen molar-refractivity contribution < 1.29 is 10.2 Å². The third-order valence-electron chi connectivity index (χ3n) is 1.29. The molecule has 0 spiro atoms. The SMILES string of the molecule is C=CC#Cc1cc(O)ccc1O. The summed E-state index contributed by atoms with van der Waals surface area (Å²) in [4.78, 5) is 0. The molecule has 0 aromatic heterocycles. The van der Waals surface area contributed by atoms with E-state index in [-0.39, 0.29) is 11.5 Å². The summed E-state index contributed by atoms with van der Waals surface area (Å²) in [5.41, 5.74) is 0.398. The predicted molar refractivity (Wildman–Crippen MR) is 46.8 cm³/mol. The summed E-state index contributed by atoms with van der Waals surface area (Å²) < 4.78 is 0. The van der Waals surface area contributed by atoms with E-state index in [1.807, 2.05) is 0 Å². The van der Waals surface area contributed by atoms with Crippen LogP contribution < -0.4 is 0 Å². The molecule has 0 unspecified atom stereocenters. The van der Waals surface area contributed by atoms with E-state index >= 15 is 0 Å². The number of hydrogen-bond acceptors (Lipinski definition) is 2. The summed E-state index contributed by atoms with van der Waals surface area (Å²) in [5, 5.41) is 18.2. The molecular formula is C10H8O2. The fourth-order valence-corrected chi connectivity index (χ4v) is 0.753. The molecule has 1 aromatic rings. The number of allylic oxidation sites excluding steroid dienone is 1. The normalized spacial score (nSPS) is 8.33. The fraction of sp³-hybridized carbons (Fsp3) is 0. The molecular weight excluding hydrogens is 152 g/mol. The van der Waals surface area contributed by atoms with E-state index < -0.39 is 0 Å². The van der Waals surface area contributed by atoms with Crippen LogP contribution in [-0.2, 0) is 0 Å². The first-order valence-corrected chi connectivity index (χ1v) is 3.38. The first-order valence-electron chi connectivity index (χ1n) is 3.38. The molecule has 1 aromatic carbocycles. The van der Waals surface area contributed by atoms with Crippen LogP contribution in [0.5, 0.6) is 11.5 Å². The second-order valence-corrected chi connectivity index (χ2v) is 2.17. The van der Waals surface area contributed by atoms with Gasteiger partial charge in [0.1, 0.15) is 11.5 Å². The van der Waals surface area contributed by atoms with Gasteiger partial charge in [-0.3, -0.25) is 0 Å². The highest BCUT2D eigenvalue weighted by Crippen LogP contribution is 2.20. The standard InChI is InChI=1S/C10H8O2/c1-2-3-4-8-7-9(11)5-6-10(8)12/h2,5-7,11-12H,1H2. The summed E-state index contributed by atoms with van der Waals surface area (Å²) in [7, 11) is 0. The number of aromatic hydroxyl groups is 2.